The van der Waals surface area contributed by atoms with E-state index in [0.717, 1.165) is 0 Å². The highest BCUT2D eigenvalue weighted by Crippen LogP contribution is 1.95. The summed E-state index contributed by atoms with van der Waals surface area (Å²) in [5.41, 5.74) is 0. The molecule has 0 fully saturated rings. The van der Waals surface area contributed by atoms with E-state index in [1.165, 1.54) is 14.0 Å². The maximum Gasteiger partial charge on any atom is 0.335 e. The molecule has 0 unspecified atom stereocenters. The van der Waals surface area contributed by atoms with E-state index in [4.69, 9.17) is 10.2 Å². The fourth-order valence-corrected chi connectivity index (χ4v) is 0.330. The number of carbonyl (C=O) groups is 1. The monoisotopic (exact) mass is 134 g/mol. The summed E-state index contributed by atoms with van der Waals surface area (Å²) in [4.78, 5) is 9.97. The van der Waals surface area contributed by atoms with Crippen LogP contribution in [0.25, 0.3) is 0 Å². The summed E-state index contributed by atoms with van der Waals surface area (Å²) in [5.74, 6) is -1.26. The van der Waals surface area contributed by atoms with Crippen LogP contribution in [0.1, 0.15) is 6.92 Å². The largest absolute Gasteiger partial charge is 0.479 e. The molecule has 0 aliphatic carbocycles. The van der Waals surface area contributed by atoms with Crippen LogP contribution in [-0.2, 0) is 9.53 Å². The zero-order valence-electron chi connectivity index (χ0n) is 5.37. The normalized spacial score (nSPS) is 16.8. The quantitative estimate of drug-likeness (QED) is 0.544. The van der Waals surface area contributed by atoms with Gasteiger partial charge in [-0.05, 0) is 6.92 Å². The van der Waals surface area contributed by atoms with Gasteiger partial charge in [0.2, 0.25) is 0 Å². The second-order valence-electron chi connectivity index (χ2n) is 1.72. The lowest BCUT2D eigenvalue weighted by atomic mass is 10.2. The second-order valence-corrected chi connectivity index (χ2v) is 1.72. The molecular formula is C5H10O4. The molecule has 54 valence electrons. The molecular weight excluding hydrogens is 124 g/mol. The Kier molecular flexibility index (Phi) is 3.19. The average Bonchev–Trinajstić information content (AvgIpc) is 1.84. The van der Waals surface area contributed by atoms with E-state index < -0.39 is 18.2 Å². The molecule has 0 saturated carbocycles. The predicted octanol–water partition coefficient (Wildman–Crippen LogP) is -0.533. The molecule has 0 spiro atoms. The molecule has 0 rings (SSSR count). The topological polar surface area (TPSA) is 66.8 Å². The Morgan fingerprint density at radius 3 is 2.22 bits per heavy atom. The van der Waals surface area contributed by atoms with Gasteiger partial charge in [-0.2, -0.15) is 0 Å². The Morgan fingerprint density at radius 2 is 2.11 bits per heavy atom. The van der Waals surface area contributed by atoms with Gasteiger partial charge in [-0.25, -0.2) is 4.79 Å². The molecule has 0 aliphatic rings. The number of aliphatic carboxylic acids is 1. The summed E-state index contributed by atoms with van der Waals surface area (Å²) in [6.07, 6.45) is -2.07. The number of ether oxygens (including phenoxy) is 1. The van der Waals surface area contributed by atoms with Crippen molar-refractivity contribution in [1.82, 2.24) is 0 Å². The lowest BCUT2D eigenvalue weighted by Crippen LogP contribution is -2.32. The third-order valence-corrected chi connectivity index (χ3v) is 1.07. The van der Waals surface area contributed by atoms with Crippen molar-refractivity contribution in [3.63, 3.8) is 0 Å². The fourth-order valence-electron chi connectivity index (χ4n) is 0.330. The number of aliphatic hydroxyl groups is 1. The van der Waals surface area contributed by atoms with Gasteiger partial charge in [0, 0.05) is 7.11 Å². The first-order chi connectivity index (χ1) is 4.09. The molecule has 2 N–H and O–H groups in total. The maximum absolute atomic E-state index is 9.97. The summed E-state index contributed by atoms with van der Waals surface area (Å²) in [6, 6.07) is 0. The van der Waals surface area contributed by atoms with Gasteiger partial charge in [0.05, 0.1) is 6.10 Å². The Balaban J connectivity index is 3.72. The number of aliphatic hydroxyl groups excluding tert-OH is 1. The number of carboxylic acid groups (broad SMARTS) is 1. The average molecular weight is 134 g/mol. The summed E-state index contributed by atoms with van der Waals surface area (Å²) in [6.45, 7) is 1.48. The molecule has 4 heteroatoms. The van der Waals surface area contributed by atoms with E-state index in [-0.39, 0.29) is 0 Å². The van der Waals surface area contributed by atoms with Crippen molar-refractivity contribution in [3.05, 3.63) is 0 Å². The van der Waals surface area contributed by atoms with Gasteiger partial charge in [0.25, 0.3) is 0 Å². The summed E-state index contributed by atoms with van der Waals surface area (Å²) in [5, 5.41) is 16.8. The first-order valence-electron chi connectivity index (χ1n) is 2.53. The molecule has 4 nitrogen and oxygen atoms in total. The van der Waals surface area contributed by atoms with Gasteiger partial charge >= 0.3 is 5.97 Å². The van der Waals surface area contributed by atoms with Crippen LogP contribution < -0.4 is 0 Å². The van der Waals surface area contributed by atoms with Crippen LogP contribution in [0.3, 0.4) is 0 Å². The second kappa shape index (κ2) is 3.42. The Hall–Kier alpha value is -0.610. The van der Waals surface area contributed by atoms with Crippen molar-refractivity contribution >= 4 is 5.97 Å². The van der Waals surface area contributed by atoms with Crippen molar-refractivity contribution in [2.75, 3.05) is 7.11 Å². The number of hydrogen-bond donors (Lipinski definition) is 2. The van der Waals surface area contributed by atoms with E-state index in [1.807, 2.05) is 0 Å². The molecule has 0 aromatic rings. The zero-order chi connectivity index (χ0) is 7.44. The smallest absolute Gasteiger partial charge is 0.335 e. The van der Waals surface area contributed by atoms with Crippen LogP contribution in [0.2, 0.25) is 0 Å². The number of methoxy groups -OCH3 is 1. The summed E-state index contributed by atoms with van der Waals surface area (Å²) in [7, 11) is 1.34. The third kappa shape index (κ3) is 2.43. The first-order valence-corrected chi connectivity index (χ1v) is 2.53. The predicted molar refractivity (Wildman–Crippen MR) is 30.1 cm³/mol. The summed E-state index contributed by atoms with van der Waals surface area (Å²) >= 11 is 0. The summed E-state index contributed by atoms with van der Waals surface area (Å²) < 4.78 is 4.54. The maximum atomic E-state index is 9.97. The molecule has 0 amide bonds. The van der Waals surface area contributed by atoms with Gasteiger partial charge in [-0.1, -0.05) is 0 Å². The molecule has 0 saturated heterocycles. The van der Waals surface area contributed by atoms with Gasteiger partial charge < -0.3 is 14.9 Å². The number of hydrogen-bond acceptors (Lipinski definition) is 3. The number of carboxylic acids is 1. The molecule has 9 heavy (non-hydrogen) atoms. The van der Waals surface area contributed by atoms with E-state index >= 15 is 0 Å². The highest BCUT2D eigenvalue weighted by molar-refractivity contribution is 5.72. The van der Waals surface area contributed by atoms with Crippen LogP contribution in [0.5, 0.6) is 0 Å². The highest BCUT2D eigenvalue weighted by Gasteiger charge is 2.20. The fraction of sp³-hybridized carbons (Fsp3) is 0.800. The van der Waals surface area contributed by atoms with Crippen LogP contribution in [0.4, 0.5) is 0 Å². The molecule has 0 bridgehead atoms. The van der Waals surface area contributed by atoms with Crippen LogP contribution in [-0.4, -0.2) is 35.5 Å². The van der Waals surface area contributed by atoms with Gasteiger partial charge in [0.15, 0.2) is 6.10 Å². The van der Waals surface area contributed by atoms with Gasteiger partial charge in [0.1, 0.15) is 0 Å². The van der Waals surface area contributed by atoms with Crippen molar-refractivity contribution in [2.45, 2.75) is 19.1 Å². The van der Waals surface area contributed by atoms with Crippen LogP contribution in [0, 0.1) is 0 Å². The first kappa shape index (κ1) is 8.39. The Morgan fingerprint density at radius 1 is 1.67 bits per heavy atom. The minimum Gasteiger partial charge on any atom is -0.479 e. The molecule has 0 aromatic carbocycles. The molecule has 0 heterocycles. The lowest BCUT2D eigenvalue weighted by molar-refractivity contribution is -0.153. The highest BCUT2D eigenvalue weighted by atomic mass is 16.5. The van der Waals surface area contributed by atoms with E-state index in [9.17, 15) is 4.79 Å². The molecule has 0 radical (unpaired) electrons. The SMILES string of the molecule is CO[C@@H](C)[C@@H](O)C(=O)O. The Labute approximate surface area is 53.1 Å². The van der Waals surface area contributed by atoms with Crippen molar-refractivity contribution in [2.24, 2.45) is 0 Å². The van der Waals surface area contributed by atoms with Gasteiger partial charge in [-0.15, -0.1) is 0 Å². The van der Waals surface area contributed by atoms with Crippen LogP contribution >= 0.6 is 0 Å². The standard InChI is InChI=1S/C5H10O4/c1-3(9-2)4(6)5(7)8/h3-4,6H,1-2H3,(H,7,8)/t3-,4+/m0/s1. The third-order valence-electron chi connectivity index (χ3n) is 1.07. The minimum absolute atomic E-state index is 0.650. The van der Waals surface area contributed by atoms with Crippen molar-refractivity contribution < 1.29 is 19.7 Å². The van der Waals surface area contributed by atoms with E-state index in [1.54, 1.807) is 0 Å². The van der Waals surface area contributed by atoms with Crippen molar-refractivity contribution in [3.8, 4) is 0 Å². The van der Waals surface area contributed by atoms with Gasteiger partial charge in [-0.3, -0.25) is 0 Å². The molecule has 0 aromatic heterocycles. The lowest BCUT2D eigenvalue weighted by Gasteiger charge is -2.11. The molecule has 0 aliphatic heterocycles. The van der Waals surface area contributed by atoms with E-state index in [0.29, 0.717) is 0 Å². The van der Waals surface area contributed by atoms with Crippen molar-refractivity contribution in [1.29, 1.82) is 0 Å². The Bertz CT molecular complexity index is 101. The van der Waals surface area contributed by atoms with Crippen LogP contribution in [0.15, 0.2) is 0 Å². The molecule has 2 atom stereocenters. The minimum atomic E-state index is -1.42. The zero-order valence-corrected chi connectivity index (χ0v) is 5.37. The van der Waals surface area contributed by atoms with E-state index in [2.05, 4.69) is 4.74 Å². The number of rotatable bonds is 3.